The van der Waals surface area contributed by atoms with E-state index in [1.807, 2.05) is 24.5 Å². The summed E-state index contributed by atoms with van der Waals surface area (Å²) in [4.78, 5) is 4.49. The van der Waals surface area contributed by atoms with Crippen LogP contribution in [0.2, 0.25) is 0 Å². The molecule has 0 bridgehead atoms. The average molecular weight is 325 g/mol. The predicted octanol–water partition coefficient (Wildman–Crippen LogP) is 3.48. The maximum absolute atomic E-state index is 9.16. The molecule has 1 aliphatic heterocycles. The molecule has 1 saturated heterocycles. The van der Waals surface area contributed by atoms with Crippen LogP contribution in [0.15, 0.2) is 24.5 Å². The van der Waals surface area contributed by atoms with Crippen molar-refractivity contribution in [3.8, 4) is 6.07 Å². The Morgan fingerprint density at radius 3 is 2.83 bits per heavy atom. The van der Waals surface area contributed by atoms with E-state index in [0.29, 0.717) is 24.7 Å². The molecule has 5 heteroatoms. The van der Waals surface area contributed by atoms with Crippen molar-refractivity contribution in [2.75, 3.05) is 13.2 Å². The number of benzene rings is 1. The van der Waals surface area contributed by atoms with Gasteiger partial charge in [0.05, 0.1) is 42.2 Å². The summed E-state index contributed by atoms with van der Waals surface area (Å²) in [5, 5.41) is 9.16. The molecule has 24 heavy (non-hydrogen) atoms. The molecule has 4 rings (SSSR count). The Labute approximate surface area is 142 Å². The maximum atomic E-state index is 9.16. The highest BCUT2D eigenvalue weighted by atomic mass is 16.7. The zero-order valence-electron chi connectivity index (χ0n) is 14.3. The summed E-state index contributed by atoms with van der Waals surface area (Å²) < 4.78 is 14.1. The second-order valence-corrected chi connectivity index (χ2v) is 7.71. The van der Waals surface area contributed by atoms with Gasteiger partial charge in [-0.1, -0.05) is 13.8 Å². The molecule has 1 spiro atoms. The Hall–Kier alpha value is -1.90. The van der Waals surface area contributed by atoms with Crippen LogP contribution in [0.3, 0.4) is 0 Å². The van der Waals surface area contributed by atoms with E-state index in [2.05, 4.69) is 29.5 Å². The van der Waals surface area contributed by atoms with Crippen LogP contribution in [0.1, 0.15) is 38.7 Å². The van der Waals surface area contributed by atoms with Gasteiger partial charge in [-0.2, -0.15) is 5.26 Å². The number of ether oxygens (including phenoxy) is 2. The van der Waals surface area contributed by atoms with E-state index in [-0.39, 0.29) is 11.2 Å². The number of hydrogen-bond acceptors (Lipinski definition) is 4. The van der Waals surface area contributed by atoms with Crippen LogP contribution >= 0.6 is 0 Å². The molecule has 2 aliphatic rings. The second kappa shape index (κ2) is 5.58. The first-order chi connectivity index (χ1) is 11.5. The highest BCUT2D eigenvalue weighted by molar-refractivity contribution is 5.76. The highest BCUT2D eigenvalue weighted by Crippen LogP contribution is 2.48. The molecule has 1 aromatic heterocycles. The van der Waals surface area contributed by atoms with Gasteiger partial charge in [0.15, 0.2) is 5.79 Å². The molecular formula is C19H23N3O2. The summed E-state index contributed by atoms with van der Waals surface area (Å²) >= 11 is 0. The Balaban J connectivity index is 1.64. The average Bonchev–Trinajstić information content (AvgIpc) is 3.19. The summed E-state index contributed by atoms with van der Waals surface area (Å²) in [6.07, 6.45) is 4.87. The van der Waals surface area contributed by atoms with E-state index in [0.717, 1.165) is 36.8 Å². The van der Waals surface area contributed by atoms with Crippen LogP contribution in [-0.4, -0.2) is 28.6 Å². The molecule has 2 heterocycles. The van der Waals surface area contributed by atoms with Crippen LogP contribution in [-0.2, 0) is 16.0 Å². The molecule has 2 aromatic rings. The van der Waals surface area contributed by atoms with E-state index < -0.39 is 0 Å². The van der Waals surface area contributed by atoms with Crippen molar-refractivity contribution >= 4 is 11.0 Å². The van der Waals surface area contributed by atoms with Gasteiger partial charge in [-0.25, -0.2) is 4.98 Å². The zero-order valence-corrected chi connectivity index (χ0v) is 14.3. The van der Waals surface area contributed by atoms with Gasteiger partial charge in [0, 0.05) is 19.4 Å². The fourth-order valence-electron chi connectivity index (χ4n) is 4.05. The molecule has 0 amide bonds. The van der Waals surface area contributed by atoms with Crippen molar-refractivity contribution in [1.29, 1.82) is 5.26 Å². The van der Waals surface area contributed by atoms with Crippen LogP contribution < -0.4 is 0 Å². The number of aromatic nitrogens is 2. The van der Waals surface area contributed by atoms with Crippen LogP contribution in [0.5, 0.6) is 0 Å². The first-order valence-corrected chi connectivity index (χ1v) is 8.64. The predicted molar refractivity (Wildman–Crippen MR) is 90.2 cm³/mol. The lowest BCUT2D eigenvalue weighted by Crippen LogP contribution is -2.45. The van der Waals surface area contributed by atoms with Gasteiger partial charge >= 0.3 is 0 Å². The third-order valence-electron chi connectivity index (χ3n) is 5.79. The second-order valence-electron chi connectivity index (χ2n) is 7.71. The molecular weight excluding hydrogens is 302 g/mol. The molecule has 1 aromatic carbocycles. The smallest absolute Gasteiger partial charge is 0.168 e. The third kappa shape index (κ3) is 2.60. The summed E-state index contributed by atoms with van der Waals surface area (Å²) in [5.41, 5.74) is 2.86. The molecule has 126 valence electrons. The summed E-state index contributed by atoms with van der Waals surface area (Å²) in [5.74, 6) is 0.0569. The summed E-state index contributed by atoms with van der Waals surface area (Å²) in [6.45, 7) is 6.94. The third-order valence-corrected chi connectivity index (χ3v) is 5.79. The molecule has 1 atom stereocenters. The minimum Gasteiger partial charge on any atom is -0.348 e. The Bertz CT molecular complexity index is 797. The lowest BCUT2D eigenvalue weighted by molar-refractivity contribution is -0.205. The largest absolute Gasteiger partial charge is 0.348 e. The first-order valence-electron chi connectivity index (χ1n) is 8.64. The Kier molecular flexibility index (Phi) is 3.63. The number of hydrogen-bond donors (Lipinski definition) is 0. The van der Waals surface area contributed by atoms with Gasteiger partial charge in [-0.05, 0) is 36.0 Å². The van der Waals surface area contributed by atoms with Gasteiger partial charge in [0.25, 0.3) is 0 Å². The van der Waals surface area contributed by atoms with Gasteiger partial charge in [-0.15, -0.1) is 0 Å². The van der Waals surface area contributed by atoms with Crippen LogP contribution in [0.25, 0.3) is 11.0 Å². The number of nitriles is 1. The quantitative estimate of drug-likeness (QED) is 0.848. The van der Waals surface area contributed by atoms with Gasteiger partial charge < -0.3 is 14.0 Å². The number of imidazole rings is 1. The molecule has 1 unspecified atom stereocenters. The maximum Gasteiger partial charge on any atom is 0.168 e. The SMILES string of the molecule is CC1(C)CCC2(CC1Cn1cnc3ccc(C#N)cc31)OCCO2. The van der Waals surface area contributed by atoms with Crippen molar-refractivity contribution in [1.82, 2.24) is 9.55 Å². The zero-order chi connectivity index (χ0) is 16.8. The van der Waals surface area contributed by atoms with Crippen molar-refractivity contribution in [2.45, 2.75) is 45.4 Å². The van der Waals surface area contributed by atoms with Crippen LogP contribution in [0.4, 0.5) is 0 Å². The topological polar surface area (TPSA) is 60.1 Å². The van der Waals surface area contributed by atoms with Gasteiger partial charge in [0.2, 0.25) is 0 Å². The standard InChI is InChI=1S/C19H23N3O2/c1-18(2)5-6-19(23-7-8-24-19)10-15(18)12-22-13-21-16-4-3-14(11-20)9-17(16)22/h3-4,9,13,15H,5-8,10,12H2,1-2H3. The normalized spacial score (nSPS) is 25.1. The molecule has 5 nitrogen and oxygen atoms in total. The van der Waals surface area contributed by atoms with E-state index in [1.54, 1.807) is 0 Å². The molecule has 0 radical (unpaired) electrons. The fourth-order valence-corrected chi connectivity index (χ4v) is 4.05. The van der Waals surface area contributed by atoms with Crippen molar-refractivity contribution in [3.05, 3.63) is 30.1 Å². The molecule has 2 fully saturated rings. The van der Waals surface area contributed by atoms with Crippen molar-refractivity contribution in [2.24, 2.45) is 11.3 Å². The minimum atomic E-state index is -0.381. The lowest BCUT2D eigenvalue weighted by atomic mass is 9.66. The van der Waals surface area contributed by atoms with E-state index >= 15 is 0 Å². The highest BCUT2D eigenvalue weighted by Gasteiger charge is 2.48. The van der Waals surface area contributed by atoms with E-state index in [1.165, 1.54) is 0 Å². The summed E-state index contributed by atoms with van der Waals surface area (Å²) in [6, 6.07) is 7.88. The fraction of sp³-hybridized carbons (Fsp3) is 0.579. The minimum absolute atomic E-state index is 0.226. The number of rotatable bonds is 2. The number of fused-ring (bicyclic) bond motifs is 1. The Morgan fingerprint density at radius 1 is 1.29 bits per heavy atom. The summed E-state index contributed by atoms with van der Waals surface area (Å²) in [7, 11) is 0. The van der Waals surface area contributed by atoms with E-state index in [9.17, 15) is 0 Å². The number of nitrogens with zero attached hydrogens (tertiary/aromatic N) is 3. The molecule has 1 saturated carbocycles. The van der Waals surface area contributed by atoms with E-state index in [4.69, 9.17) is 14.7 Å². The molecule has 1 aliphatic carbocycles. The lowest BCUT2D eigenvalue weighted by Gasteiger charge is -2.46. The molecule has 0 N–H and O–H groups in total. The Morgan fingerprint density at radius 2 is 2.08 bits per heavy atom. The van der Waals surface area contributed by atoms with Gasteiger partial charge in [0.1, 0.15) is 0 Å². The first kappa shape index (κ1) is 15.6. The van der Waals surface area contributed by atoms with Crippen molar-refractivity contribution in [3.63, 3.8) is 0 Å². The van der Waals surface area contributed by atoms with Crippen LogP contribution in [0, 0.1) is 22.7 Å². The van der Waals surface area contributed by atoms with Gasteiger partial charge in [-0.3, -0.25) is 0 Å². The monoisotopic (exact) mass is 325 g/mol. The van der Waals surface area contributed by atoms with Crippen molar-refractivity contribution < 1.29 is 9.47 Å².